The monoisotopic (exact) mass is 400 g/mol. The number of hydrogen-bond acceptors (Lipinski definition) is 6. The maximum Gasteiger partial charge on any atom is 0.230 e. The van der Waals surface area contributed by atoms with Gasteiger partial charge in [-0.2, -0.15) is 0 Å². The Bertz CT molecular complexity index is 891. The van der Waals surface area contributed by atoms with Gasteiger partial charge in [-0.1, -0.05) is 18.7 Å². The molecule has 0 saturated carbocycles. The van der Waals surface area contributed by atoms with Crippen molar-refractivity contribution in [1.82, 2.24) is 20.1 Å². The third-order valence-electron chi connectivity index (χ3n) is 4.13. The van der Waals surface area contributed by atoms with E-state index in [1.807, 2.05) is 55.7 Å². The summed E-state index contributed by atoms with van der Waals surface area (Å²) in [4.78, 5) is 12.2. The largest absolute Gasteiger partial charge is 0.494 e. The molecule has 2 aromatic heterocycles. The van der Waals surface area contributed by atoms with Crippen LogP contribution < -0.4 is 10.1 Å². The molecule has 3 rings (SSSR count). The fourth-order valence-corrected chi connectivity index (χ4v) is 3.33. The molecule has 28 heavy (non-hydrogen) atoms. The van der Waals surface area contributed by atoms with E-state index in [-0.39, 0.29) is 17.7 Å². The normalized spacial score (nSPS) is 12.0. The summed E-state index contributed by atoms with van der Waals surface area (Å²) in [5.41, 5.74) is 0.865. The Labute approximate surface area is 168 Å². The van der Waals surface area contributed by atoms with Crippen LogP contribution in [0.15, 0.2) is 52.2 Å². The Kier molecular flexibility index (Phi) is 6.76. The highest BCUT2D eigenvalue weighted by Crippen LogP contribution is 2.29. The minimum absolute atomic E-state index is 0.0276. The maximum atomic E-state index is 12.2. The lowest BCUT2D eigenvalue weighted by molar-refractivity contribution is -0.119. The van der Waals surface area contributed by atoms with E-state index < -0.39 is 0 Å². The van der Waals surface area contributed by atoms with Gasteiger partial charge in [-0.15, -0.1) is 10.2 Å². The lowest BCUT2D eigenvalue weighted by Gasteiger charge is -2.12. The molecule has 2 heterocycles. The van der Waals surface area contributed by atoms with Gasteiger partial charge in [0.25, 0.3) is 0 Å². The van der Waals surface area contributed by atoms with Crippen LogP contribution in [-0.2, 0) is 4.79 Å². The molecule has 1 N–H and O–H groups in total. The van der Waals surface area contributed by atoms with Crippen LogP contribution >= 0.6 is 11.8 Å². The molecule has 0 aliphatic rings. The van der Waals surface area contributed by atoms with Crippen molar-refractivity contribution in [3.05, 3.63) is 42.7 Å². The molecular weight excluding hydrogens is 376 g/mol. The number of amides is 1. The van der Waals surface area contributed by atoms with Crippen molar-refractivity contribution in [1.29, 1.82) is 0 Å². The summed E-state index contributed by atoms with van der Waals surface area (Å²) in [6, 6.07) is 11.5. The van der Waals surface area contributed by atoms with Gasteiger partial charge >= 0.3 is 0 Å². The fourth-order valence-electron chi connectivity index (χ4n) is 2.57. The van der Waals surface area contributed by atoms with E-state index in [4.69, 9.17) is 9.15 Å². The van der Waals surface area contributed by atoms with Gasteiger partial charge in [-0.3, -0.25) is 9.36 Å². The predicted octanol–water partition coefficient (Wildman–Crippen LogP) is 3.93. The third kappa shape index (κ3) is 4.75. The molecule has 0 saturated heterocycles. The highest BCUT2D eigenvalue weighted by atomic mass is 32.2. The molecule has 0 spiro atoms. The van der Waals surface area contributed by atoms with E-state index in [2.05, 4.69) is 15.5 Å². The molecular formula is C20H24N4O3S. The highest BCUT2D eigenvalue weighted by Gasteiger charge is 2.19. The zero-order valence-corrected chi connectivity index (χ0v) is 17.0. The summed E-state index contributed by atoms with van der Waals surface area (Å²) in [7, 11) is 0. The van der Waals surface area contributed by atoms with Crippen LogP contribution in [0.25, 0.3) is 17.3 Å². The number of nitrogens with zero attached hydrogens (tertiary/aromatic N) is 3. The minimum Gasteiger partial charge on any atom is -0.494 e. The van der Waals surface area contributed by atoms with Crippen LogP contribution in [-0.4, -0.2) is 39.1 Å². The second-order valence-electron chi connectivity index (χ2n) is 6.21. The fraction of sp³-hybridized carbons (Fsp3) is 0.350. The van der Waals surface area contributed by atoms with Gasteiger partial charge in [0.2, 0.25) is 11.7 Å². The summed E-state index contributed by atoms with van der Waals surface area (Å²) in [6.07, 6.45) is 2.49. The first kappa shape index (κ1) is 20.0. The number of carbonyl (C=O) groups is 1. The van der Waals surface area contributed by atoms with Crippen molar-refractivity contribution in [3.63, 3.8) is 0 Å². The molecule has 0 bridgehead atoms. The van der Waals surface area contributed by atoms with Crippen LogP contribution in [0.4, 0.5) is 0 Å². The van der Waals surface area contributed by atoms with Crippen LogP contribution in [0.2, 0.25) is 0 Å². The summed E-state index contributed by atoms with van der Waals surface area (Å²) < 4.78 is 12.9. The van der Waals surface area contributed by atoms with Crippen LogP contribution in [0.1, 0.15) is 27.2 Å². The number of furan rings is 1. The molecule has 148 valence electrons. The Hall–Kier alpha value is -2.74. The Morgan fingerprint density at radius 2 is 2.04 bits per heavy atom. The number of hydrogen-bond donors (Lipinski definition) is 1. The van der Waals surface area contributed by atoms with E-state index in [1.54, 1.807) is 12.3 Å². The van der Waals surface area contributed by atoms with Gasteiger partial charge in [-0.05, 0) is 56.7 Å². The molecule has 7 nitrogen and oxygen atoms in total. The number of aromatic nitrogens is 3. The average molecular weight is 401 g/mol. The molecule has 1 unspecified atom stereocenters. The molecule has 8 heteroatoms. The zero-order chi connectivity index (χ0) is 19.9. The average Bonchev–Trinajstić information content (AvgIpc) is 3.36. The Morgan fingerprint density at radius 3 is 2.68 bits per heavy atom. The number of nitrogens with one attached hydrogen (secondary N) is 1. The lowest BCUT2D eigenvalue weighted by atomic mass is 10.3. The number of thioether (sulfide) groups is 1. The molecule has 0 aliphatic carbocycles. The first-order chi connectivity index (χ1) is 13.6. The van der Waals surface area contributed by atoms with Crippen molar-refractivity contribution >= 4 is 17.7 Å². The quantitative estimate of drug-likeness (QED) is 0.548. The van der Waals surface area contributed by atoms with Gasteiger partial charge in [-0.25, -0.2) is 0 Å². The van der Waals surface area contributed by atoms with Crippen LogP contribution in [0.5, 0.6) is 5.75 Å². The standard InChI is InChI=1S/C20H24N4O3S/c1-4-14(3)21-18(25)13-28-20-23-22-19(17-7-6-12-27-17)24(20)15-8-10-16(11-9-15)26-5-2/h6-12,14H,4-5,13H2,1-3H3,(H,21,25). The molecule has 0 aliphatic heterocycles. The van der Waals surface area contributed by atoms with Crippen molar-refractivity contribution in [3.8, 4) is 23.0 Å². The maximum absolute atomic E-state index is 12.2. The molecule has 0 fully saturated rings. The van der Waals surface area contributed by atoms with Gasteiger partial charge in [0, 0.05) is 6.04 Å². The first-order valence-corrected chi connectivity index (χ1v) is 10.3. The number of carbonyl (C=O) groups excluding carboxylic acids is 1. The molecule has 1 atom stereocenters. The molecule has 1 amide bonds. The second kappa shape index (κ2) is 9.45. The third-order valence-corrected chi connectivity index (χ3v) is 5.06. The van der Waals surface area contributed by atoms with E-state index in [0.717, 1.165) is 17.9 Å². The summed E-state index contributed by atoms with van der Waals surface area (Å²) in [5, 5.41) is 12.2. The number of ether oxygens (including phenoxy) is 1. The summed E-state index contributed by atoms with van der Waals surface area (Å²) >= 11 is 1.34. The SMILES string of the molecule is CCOc1ccc(-n2c(SCC(=O)NC(C)CC)nnc2-c2ccco2)cc1. The minimum atomic E-state index is -0.0276. The van der Waals surface area contributed by atoms with E-state index in [1.165, 1.54) is 11.8 Å². The zero-order valence-electron chi connectivity index (χ0n) is 16.2. The van der Waals surface area contributed by atoms with Gasteiger partial charge in [0.1, 0.15) is 5.75 Å². The lowest BCUT2D eigenvalue weighted by Crippen LogP contribution is -2.33. The molecule has 0 radical (unpaired) electrons. The van der Waals surface area contributed by atoms with E-state index in [0.29, 0.717) is 23.3 Å². The Morgan fingerprint density at radius 1 is 1.25 bits per heavy atom. The van der Waals surface area contributed by atoms with Crippen molar-refractivity contribution in [2.75, 3.05) is 12.4 Å². The topological polar surface area (TPSA) is 82.2 Å². The van der Waals surface area contributed by atoms with Gasteiger partial charge in [0.05, 0.1) is 24.3 Å². The molecule has 3 aromatic rings. The van der Waals surface area contributed by atoms with Gasteiger partial charge < -0.3 is 14.5 Å². The number of benzene rings is 1. The molecule has 1 aromatic carbocycles. The van der Waals surface area contributed by atoms with Crippen molar-refractivity contribution in [2.45, 2.75) is 38.4 Å². The van der Waals surface area contributed by atoms with Crippen LogP contribution in [0.3, 0.4) is 0 Å². The first-order valence-electron chi connectivity index (χ1n) is 9.27. The van der Waals surface area contributed by atoms with E-state index in [9.17, 15) is 4.79 Å². The van der Waals surface area contributed by atoms with Crippen molar-refractivity contribution in [2.24, 2.45) is 0 Å². The second-order valence-corrected chi connectivity index (χ2v) is 7.15. The summed E-state index contributed by atoms with van der Waals surface area (Å²) in [5.74, 6) is 2.22. The number of rotatable bonds is 9. The highest BCUT2D eigenvalue weighted by molar-refractivity contribution is 7.99. The smallest absolute Gasteiger partial charge is 0.230 e. The van der Waals surface area contributed by atoms with Crippen LogP contribution in [0, 0.1) is 0 Å². The predicted molar refractivity (Wildman–Crippen MR) is 109 cm³/mol. The summed E-state index contributed by atoms with van der Waals surface area (Å²) in [6.45, 7) is 6.58. The van der Waals surface area contributed by atoms with Crippen molar-refractivity contribution < 1.29 is 13.9 Å². The Balaban J connectivity index is 1.87. The van der Waals surface area contributed by atoms with E-state index >= 15 is 0 Å². The van der Waals surface area contributed by atoms with Gasteiger partial charge in [0.15, 0.2) is 10.9 Å².